The molecule has 2 aromatic carbocycles. The van der Waals surface area contributed by atoms with E-state index in [1.54, 1.807) is 12.1 Å². The van der Waals surface area contributed by atoms with Gasteiger partial charge in [0.05, 0.1) is 23.1 Å². The molecule has 0 radical (unpaired) electrons. The fourth-order valence-electron chi connectivity index (χ4n) is 1.91. The van der Waals surface area contributed by atoms with E-state index < -0.39 is 38.1 Å². The third kappa shape index (κ3) is 11.7. The summed E-state index contributed by atoms with van der Waals surface area (Å²) in [5.74, 6) is -7.02. The molecule has 0 fully saturated rings. The molecule has 0 amide bonds. The lowest BCUT2D eigenvalue weighted by atomic mass is 10.1. The van der Waals surface area contributed by atoms with E-state index >= 15 is 0 Å². The molecule has 198 valence electrons. The number of hydrogen-bond acceptors (Lipinski definition) is 8. The van der Waals surface area contributed by atoms with Crippen molar-refractivity contribution >= 4 is 61.8 Å². The van der Waals surface area contributed by atoms with Crippen LogP contribution < -0.4 is 0 Å². The van der Waals surface area contributed by atoms with Gasteiger partial charge in [-0.15, -0.1) is 0 Å². The summed E-state index contributed by atoms with van der Waals surface area (Å²) in [6.45, 7) is 2.65. The number of nitro benzene ring substituents is 2. The average molecular weight is 697 g/mol. The highest BCUT2D eigenvalue weighted by Crippen LogP contribution is 2.30. The van der Waals surface area contributed by atoms with Crippen molar-refractivity contribution in [2.45, 2.75) is 24.6 Å². The van der Waals surface area contributed by atoms with Gasteiger partial charge in [0, 0.05) is 49.3 Å². The first-order chi connectivity index (χ1) is 16.6. The molecule has 0 heterocycles. The molecular formula is C20H18BrF4IN2O8. The number of alkyl halides is 5. The second kappa shape index (κ2) is 15.3. The van der Waals surface area contributed by atoms with Gasteiger partial charge in [0.2, 0.25) is 0 Å². The van der Waals surface area contributed by atoms with Crippen molar-refractivity contribution in [3.63, 3.8) is 0 Å². The fourth-order valence-corrected chi connectivity index (χ4v) is 2.38. The Balaban J connectivity index is 0.000000551. The second-order valence-electron chi connectivity index (χ2n) is 6.05. The summed E-state index contributed by atoms with van der Waals surface area (Å²) in [4.78, 5) is 36.8. The van der Waals surface area contributed by atoms with Gasteiger partial charge in [-0.25, -0.2) is 9.59 Å². The highest BCUT2D eigenvalue weighted by atomic mass is 127. The first-order valence-corrected chi connectivity index (χ1v) is 11.4. The third-order valence-corrected chi connectivity index (χ3v) is 4.56. The minimum absolute atomic E-state index is 0.0416. The smallest absolute Gasteiger partial charge is 0.395 e. The van der Waals surface area contributed by atoms with E-state index in [-0.39, 0.29) is 24.6 Å². The molecule has 0 saturated carbocycles. The molecule has 10 nitrogen and oxygen atoms in total. The van der Waals surface area contributed by atoms with Crippen LogP contribution in [0.2, 0.25) is 0 Å². The summed E-state index contributed by atoms with van der Waals surface area (Å²) < 4.78 is 59.5. The predicted molar refractivity (Wildman–Crippen MR) is 130 cm³/mol. The van der Waals surface area contributed by atoms with Gasteiger partial charge in [0.25, 0.3) is 11.4 Å². The molecule has 2 aromatic rings. The summed E-state index contributed by atoms with van der Waals surface area (Å²) in [6.07, 6.45) is 0. The number of nitrogens with zero attached hydrogens (tertiary/aromatic N) is 2. The molecule has 0 N–H and O–H groups in total. The van der Waals surface area contributed by atoms with Gasteiger partial charge in [-0.2, -0.15) is 17.6 Å². The Labute approximate surface area is 223 Å². The van der Waals surface area contributed by atoms with Gasteiger partial charge < -0.3 is 9.47 Å². The highest BCUT2D eigenvalue weighted by Gasteiger charge is 2.42. The van der Waals surface area contributed by atoms with Gasteiger partial charge in [0.15, 0.2) is 0 Å². The molecule has 0 saturated heterocycles. The maximum absolute atomic E-state index is 13.4. The number of carbonyl (C=O) groups is 2. The van der Waals surface area contributed by atoms with Gasteiger partial charge >= 0.3 is 22.7 Å². The lowest BCUT2D eigenvalue weighted by Gasteiger charge is -2.14. The van der Waals surface area contributed by atoms with Crippen molar-refractivity contribution in [3.05, 3.63) is 77.9 Å². The van der Waals surface area contributed by atoms with Gasteiger partial charge in [-0.3, -0.25) is 20.2 Å². The summed E-state index contributed by atoms with van der Waals surface area (Å²) in [5.41, 5.74) is -0.824. The Kier molecular flexibility index (Phi) is 14.0. The Morgan fingerprint density at radius 3 is 1.50 bits per heavy atom. The van der Waals surface area contributed by atoms with Crippen LogP contribution in [0.1, 0.15) is 19.4 Å². The molecule has 0 aliphatic carbocycles. The molecular weight excluding hydrogens is 679 g/mol. The van der Waals surface area contributed by atoms with E-state index in [9.17, 15) is 47.4 Å². The number of carbonyl (C=O) groups excluding carboxylic acids is 2. The highest BCUT2D eigenvalue weighted by molar-refractivity contribution is 14.1. The van der Waals surface area contributed by atoms with Crippen molar-refractivity contribution in [2.24, 2.45) is 0 Å². The van der Waals surface area contributed by atoms with E-state index in [0.717, 1.165) is 27.8 Å². The van der Waals surface area contributed by atoms with Crippen LogP contribution in [0.25, 0.3) is 0 Å². The number of nitro groups is 2. The largest absolute Gasteiger partial charge is 0.461 e. The number of rotatable bonds is 7. The maximum Gasteiger partial charge on any atom is 0.395 e. The molecule has 0 aliphatic rings. The van der Waals surface area contributed by atoms with Crippen LogP contribution in [0, 0.1) is 23.8 Å². The molecule has 16 heteroatoms. The molecule has 36 heavy (non-hydrogen) atoms. The zero-order valence-electron chi connectivity index (χ0n) is 18.5. The molecule has 0 spiro atoms. The SMILES string of the molecule is CCOC(=O)C(F)(F)Br.CCOC(=O)C(F)(F)c1ccc([N+](=O)[O-])cc1.O=[N+]([O-])c1ccc(I)cc1. The second-order valence-corrected chi connectivity index (χ2v) is 8.29. The Bertz CT molecular complexity index is 1040. The summed E-state index contributed by atoms with van der Waals surface area (Å²) in [5, 5.41) is 20.4. The summed E-state index contributed by atoms with van der Waals surface area (Å²) >= 11 is 3.93. The zero-order valence-corrected chi connectivity index (χ0v) is 22.2. The van der Waals surface area contributed by atoms with Gasteiger partial charge in [-0.05, 0) is 60.7 Å². The number of hydrogen-bond donors (Lipinski definition) is 0. The van der Waals surface area contributed by atoms with Crippen molar-refractivity contribution in [3.8, 4) is 0 Å². The Morgan fingerprint density at radius 2 is 1.19 bits per heavy atom. The van der Waals surface area contributed by atoms with E-state index in [0.29, 0.717) is 0 Å². The van der Waals surface area contributed by atoms with Crippen molar-refractivity contribution < 1.29 is 46.5 Å². The van der Waals surface area contributed by atoms with Gasteiger partial charge in [-0.1, -0.05) is 0 Å². The number of benzene rings is 2. The van der Waals surface area contributed by atoms with Gasteiger partial charge in [0.1, 0.15) is 0 Å². The first-order valence-electron chi connectivity index (χ1n) is 9.51. The number of non-ortho nitro benzene ring substituents is 2. The lowest BCUT2D eigenvalue weighted by molar-refractivity contribution is -0.385. The molecule has 0 aliphatic heterocycles. The first kappa shape index (κ1) is 33.1. The van der Waals surface area contributed by atoms with Crippen LogP contribution >= 0.6 is 38.5 Å². The van der Waals surface area contributed by atoms with Crippen LogP contribution in [0.15, 0.2) is 48.5 Å². The summed E-state index contributed by atoms with van der Waals surface area (Å²) in [7, 11) is 0. The minimum atomic E-state index is -3.80. The minimum Gasteiger partial charge on any atom is -0.461 e. The fraction of sp³-hybridized carbons (Fsp3) is 0.300. The molecule has 0 bridgehead atoms. The van der Waals surface area contributed by atoms with E-state index in [1.165, 1.54) is 26.0 Å². The van der Waals surface area contributed by atoms with E-state index in [1.807, 2.05) is 15.9 Å². The normalized spacial score (nSPS) is 10.6. The number of ether oxygens (including phenoxy) is 2. The topological polar surface area (TPSA) is 139 Å². The number of halogens is 6. The number of esters is 2. The average Bonchev–Trinajstić information content (AvgIpc) is 2.80. The van der Waals surface area contributed by atoms with Crippen LogP contribution in [0.3, 0.4) is 0 Å². The monoisotopic (exact) mass is 696 g/mol. The Morgan fingerprint density at radius 1 is 0.833 bits per heavy atom. The zero-order chi connectivity index (χ0) is 28.1. The quantitative estimate of drug-likeness (QED) is 0.0860. The van der Waals surface area contributed by atoms with Crippen LogP contribution in [-0.4, -0.2) is 39.8 Å². The van der Waals surface area contributed by atoms with E-state index in [4.69, 9.17) is 0 Å². The Hall–Kier alpha value is -2.89. The maximum atomic E-state index is 13.4. The molecule has 0 aromatic heterocycles. The molecule has 0 unspecified atom stereocenters. The standard InChI is InChI=1S/C10H9F2NO4.C6H4INO2.C4H5BrF2O2/c1-2-17-9(14)10(11,12)7-3-5-8(6-4-7)13(15)16;7-5-1-3-6(4-2-5)8(9)10;1-2-9-3(8)4(5,6)7/h3-6H,2H2,1H3;1-4H;2H2,1H3. The van der Waals surface area contributed by atoms with Crippen molar-refractivity contribution in [1.82, 2.24) is 0 Å². The summed E-state index contributed by atoms with van der Waals surface area (Å²) in [6, 6.07) is 9.86. The van der Waals surface area contributed by atoms with Crippen molar-refractivity contribution in [1.29, 1.82) is 0 Å². The van der Waals surface area contributed by atoms with Crippen molar-refractivity contribution in [2.75, 3.05) is 13.2 Å². The van der Waals surface area contributed by atoms with Crippen LogP contribution in [0.5, 0.6) is 0 Å². The molecule has 2 rings (SSSR count). The van der Waals surface area contributed by atoms with Crippen LogP contribution in [-0.2, 0) is 25.0 Å². The third-order valence-electron chi connectivity index (χ3n) is 3.52. The van der Waals surface area contributed by atoms with E-state index in [2.05, 4.69) is 32.1 Å². The lowest BCUT2D eigenvalue weighted by Crippen LogP contribution is -2.28. The van der Waals surface area contributed by atoms with Crippen LogP contribution in [0.4, 0.5) is 28.9 Å². The predicted octanol–water partition coefficient (Wildman–Crippen LogP) is 5.99. The molecule has 0 atom stereocenters.